The van der Waals surface area contributed by atoms with Crippen molar-refractivity contribution in [2.24, 2.45) is 0 Å². The minimum absolute atomic E-state index is 0.109. The molecular formula is C21H22BrN3O2S. The van der Waals surface area contributed by atoms with E-state index >= 15 is 0 Å². The molecule has 146 valence electrons. The highest BCUT2D eigenvalue weighted by Gasteiger charge is 2.29. The van der Waals surface area contributed by atoms with Crippen LogP contribution in [0, 0.1) is 13.8 Å². The second-order valence-electron chi connectivity index (χ2n) is 7.28. The summed E-state index contributed by atoms with van der Waals surface area (Å²) < 4.78 is 1.03. The third kappa shape index (κ3) is 3.65. The highest BCUT2D eigenvalue weighted by atomic mass is 79.9. The quantitative estimate of drug-likeness (QED) is 0.616. The van der Waals surface area contributed by atoms with E-state index in [0.29, 0.717) is 24.1 Å². The van der Waals surface area contributed by atoms with E-state index in [0.717, 1.165) is 44.7 Å². The Kier molecular flexibility index (Phi) is 5.38. The summed E-state index contributed by atoms with van der Waals surface area (Å²) in [6.07, 6.45) is 2.79. The van der Waals surface area contributed by atoms with Crippen molar-refractivity contribution in [2.45, 2.75) is 45.6 Å². The van der Waals surface area contributed by atoms with Crippen molar-refractivity contribution in [2.75, 3.05) is 6.54 Å². The molecule has 1 aromatic carbocycles. The summed E-state index contributed by atoms with van der Waals surface area (Å²) in [4.78, 5) is 36.6. The molecule has 28 heavy (non-hydrogen) atoms. The molecule has 1 saturated heterocycles. The number of likely N-dealkylation sites (tertiary alicyclic amines) is 1. The molecule has 7 heteroatoms. The fourth-order valence-corrected chi connectivity index (χ4v) is 5.38. The van der Waals surface area contributed by atoms with E-state index in [2.05, 4.69) is 38.0 Å². The van der Waals surface area contributed by atoms with Gasteiger partial charge in [0, 0.05) is 28.7 Å². The number of nitrogens with one attached hydrogen (secondary N) is 1. The maximum absolute atomic E-state index is 12.9. The van der Waals surface area contributed by atoms with E-state index in [1.807, 2.05) is 30.9 Å². The molecule has 1 unspecified atom stereocenters. The number of thiophene rings is 1. The van der Waals surface area contributed by atoms with Crippen LogP contribution in [0.1, 0.15) is 47.1 Å². The zero-order chi connectivity index (χ0) is 19.8. The van der Waals surface area contributed by atoms with E-state index in [1.165, 1.54) is 11.3 Å². The van der Waals surface area contributed by atoms with Gasteiger partial charge in [-0.3, -0.25) is 9.59 Å². The van der Waals surface area contributed by atoms with Crippen molar-refractivity contribution in [1.82, 2.24) is 14.9 Å². The molecule has 0 spiro atoms. The molecule has 4 rings (SSSR count). The van der Waals surface area contributed by atoms with Gasteiger partial charge in [0.1, 0.15) is 10.7 Å². The predicted molar refractivity (Wildman–Crippen MR) is 116 cm³/mol. The third-order valence-corrected chi connectivity index (χ3v) is 7.06. The van der Waals surface area contributed by atoms with E-state index in [-0.39, 0.29) is 17.5 Å². The molecule has 0 bridgehead atoms. The first-order valence-electron chi connectivity index (χ1n) is 9.48. The van der Waals surface area contributed by atoms with Gasteiger partial charge >= 0.3 is 0 Å². The van der Waals surface area contributed by atoms with Gasteiger partial charge in [-0.05, 0) is 49.9 Å². The number of halogens is 1. The Morgan fingerprint density at radius 2 is 2.21 bits per heavy atom. The minimum atomic E-state index is -0.109. The standard InChI is InChI=1S/C21H22BrN3O2S/c1-12-13(2)28-21-19(12)20(27)23-17(24-21)8-9-18(26)25-10-4-7-16(25)14-5-3-6-15(22)11-14/h3,5-6,11,16H,4,7-10H2,1-2H3,(H,23,24,27). The normalized spacial score (nSPS) is 16.8. The summed E-state index contributed by atoms with van der Waals surface area (Å²) in [7, 11) is 0. The van der Waals surface area contributed by atoms with Gasteiger partial charge in [0.05, 0.1) is 11.4 Å². The largest absolute Gasteiger partial charge is 0.336 e. The summed E-state index contributed by atoms with van der Waals surface area (Å²) in [5, 5.41) is 0.673. The second kappa shape index (κ2) is 7.79. The number of carbonyl (C=O) groups is 1. The van der Waals surface area contributed by atoms with Gasteiger partial charge in [0.15, 0.2) is 0 Å². The van der Waals surface area contributed by atoms with Gasteiger partial charge in [-0.25, -0.2) is 4.98 Å². The number of hydrogen-bond donors (Lipinski definition) is 1. The van der Waals surface area contributed by atoms with Crippen LogP contribution in [0.3, 0.4) is 0 Å². The van der Waals surface area contributed by atoms with Crippen LogP contribution in [0.5, 0.6) is 0 Å². The molecule has 3 aromatic rings. The Labute approximate surface area is 175 Å². The maximum Gasteiger partial charge on any atom is 0.259 e. The lowest BCUT2D eigenvalue weighted by molar-refractivity contribution is -0.132. The molecule has 0 saturated carbocycles. The topological polar surface area (TPSA) is 66.1 Å². The Balaban J connectivity index is 1.49. The van der Waals surface area contributed by atoms with Crippen LogP contribution in [0.2, 0.25) is 0 Å². The second-order valence-corrected chi connectivity index (χ2v) is 9.40. The lowest BCUT2D eigenvalue weighted by atomic mass is 10.0. The summed E-state index contributed by atoms with van der Waals surface area (Å²) in [5.74, 6) is 0.703. The van der Waals surface area contributed by atoms with Crippen molar-refractivity contribution in [3.8, 4) is 0 Å². The molecular weight excluding hydrogens is 438 g/mol. The fourth-order valence-electron chi connectivity index (χ4n) is 3.91. The summed E-state index contributed by atoms with van der Waals surface area (Å²) in [6, 6.07) is 8.30. The predicted octanol–water partition coefficient (Wildman–Crippen LogP) is 4.66. The number of H-pyrrole nitrogens is 1. The summed E-state index contributed by atoms with van der Waals surface area (Å²) in [6.45, 7) is 4.73. The van der Waals surface area contributed by atoms with Crippen molar-refractivity contribution in [1.29, 1.82) is 0 Å². The monoisotopic (exact) mass is 459 g/mol. The zero-order valence-electron chi connectivity index (χ0n) is 15.9. The number of aromatic amines is 1. The molecule has 0 radical (unpaired) electrons. The van der Waals surface area contributed by atoms with Gasteiger partial charge in [-0.2, -0.15) is 0 Å². The number of hydrogen-bond acceptors (Lipinski definition) is 4. The fraction of sp³-hybridized carbons (Fsp3) is 0.381. The molecule has 2 aromatic heterocycles. The molecule has 1 amide bonds. The lowest BCUT2D eigenvalue weighted by Crippen LogP contribution is -2.31. The Morgan fingerprint density at radius 1 is 1.39 bits per heavy atom. The highest BCUT2D eigenvalue weighted by Crippen LogP contribution is 2.33. The molecule has 1 fully saturated rings. The van der Waals surface area contributed by atoms with Crippen LogP contribution < -0.4 is 5.56 Å². The molecule has 1 atom stereocenters. The van der Waals surface area contributed by atoms with Gasteiger partial charge in [0.25, 0.3) is 5.56 Å². The van der Waals surface area contributed by atoms with E-state index in [4.69, 9.17) is 0 Å². The molecule has 0 aliphatic carbocycles. The van der Waals surface area contributed by atoms with Gasteiger partial charge in [0.2, 0.25) is 5.91 Å². The summed E-state index contributed by atoms with van der Waals surface area (Å²) in [5.41, 5.74) is 2.05. The first kappa shape index (κ1) is 19.3. The number of carbonyl (C=O) groups excluding carboxylic acids is 1. The number of rotatable bonds is 4. The molecule has 3 heterocycles. The average Bonchev–Trinajstić information content (AvgIpc) is 3.25. The van der Waals surface area contributed by atoms with Crippen LogP contribution >= 0.6 is 27.3 Å². The van der Waals surface area contributed by atoms with E-state index in [9.17, 15) is 9.59 Å². The SMILES string of the molecule is Cc1sc2nc(CCC(=O)N3CCCC3c3cccc(Br)c3)[nH]c(=O)c2c1C. The Hall–Kier alpha value is -1.99. The van der Waals surface area contributed by atoms with Crippen LogP contribution in [0.25, 0.3) is 10.2 Å². The van der Waals surface area contributed by atoms with Crippen LogP contribution in [-0.2, 0) is 11.2 Å². The first-order chi connectivity index (χ1) is 13.4. The van der Waals surface area contributed by atoms with Gasteiger partial charge in [-0.15, -0.1) is 11.3 Å². The molecule has 1 aliphatic rings. The van der Waals surface area contributed by atoms with Crippen molar-refractivity contribution in [3.05, 3.63) is 60.9 Å². The minimum Gasteiger partial charge on any atom is -0.336 e. The zero-order valence-corrected chi connectivity index (χ0v) is 18.3. The molecule has 1 N–H and O–H groups in total. The van der Waals surface area contributed by atoms with Gasteiger partial charge in [-0.1, -0.05) is 28.1 Å². The van der Waals surface area contributed by atoms with Crippen LogP contribution in [-0.4, -0.2) is 27.3 Å². The van der Waals surface area contributed by atoms with Crippen molar-refractivity contribution < 1.29 is 4.79 Å². The highest BCUT2D eigenvalue weighted by molar-refractivity contribution is 9.10. The number of aryl methyl sites for hydroxylation is 3. The molecule has 1 aliphatic heterocycles. The van der Waals surface area contributed by atoms with Gasteiger partial charge < -0.3 is 9.88 Å². The Morgan fingerprint density at radius 3 is 3.00 bits per heavy atom. The number of amides is 1. The third-order valence-electron chi connectivity index (χ3n) is 5.47. The van der Waals surface area contributed by atoms with Crippen LogP contribution in [0.4, 0.5) is 0 Å². The van der Waals surface area contributed by atoms with Crippen LogP contribution in [0.15, 0.2) is 33.5 Å². The molecule has 5 nitrogen and oxygen atoms in total. The first-order valence-corrected chi connectivity index (χ1v) is 11.1. The smallest absolute Gasteiger partial charge is 0.259 e. The number of nitrogens with zero attached hydrogens (tertiary/aromatic N) is 2. The number of fused-ring (bicyclic) bond motifs is 1. The number of benzene rings is 1. The number of aromatic nitrogens is 2. The van der Waals surface area contributed by atoms with E-state index in [1.54, 1.807) is 0 Å². The van der Waals surface area contributed by atoms with E-state index < -0.39 is 0 Å². The van der Waals surface area contributed by atoms with Crippen molar-refractivity contribution in [3.63, 3.8) is 0 Å². The van der Waals surface area contributed by atoms with Crippen molar-refractivity contribution >= 4 is 43.4 Å². The maximum atomic E-state index is 12.9. The lowest BCUT2D eigenvalue weighted by Gasteiger charge is -2.25. The average molecular weight is 460 g/mol. The Bertz CT molecular complexity index is 1100. The summed E-state index contributed by atoms with van der Waals surface area (Å²) >= 11 is 5.05.